The topological polar surface area (TPSA) is 0 Å². The predicted molar refractivity (Wildman–Crippen MR) is 91.5 cm³/mol. The third-order valence-corrected chi connectivity index (χ3v) is 4.98. The fraction of sp³-hybridized carbons (Fsp3) is 0.700. The van der Waals surface area contributed by atoms with E-state index < -0.39 is 11.6 Å². The molecular weight excluding hydrogens is 297 g/mol. The first-order valence-electron chi connectivity index (χ1n) is 9.03. The molecule has 0 spiro atoms. The molecular formula is C20H31F3. The Balaban J connectivity index is 0.00000127. The van der Waals surface area contributed by atoms with E-state index in [0.29, 0.717) is 13.1 Å². The van der Waals surface area contributed by atoms with Gasteiger partial charge < -0.3 is 0 Å². The summed E-state index contributed by atoms with van der Waals surface area (Å²) in [5.41, 5.74) is 0.982. The second-order valence-corrected chi connectivity index (χ2v) is 6.59. The molecule has 0 bridgehead atoms. The van der Waals surface area contributed by atoms with Gasteiger partial charge in [-0.25, -0.2) is 8.78 Å². The molecule has 1 fully saturated rings. The lowest BCUT2D eigenvalue weighted by molar-refractivity contribution is 0.301. The Morgan fingerprint density at radius 1 is 0.870 bits per heavy atom. The van der Waals surface area contributed by atoms with Crippen LogP contribution >= 0.6 is 0 Å². The Morgan fingerprint density at radius 3 is 2.13 bits per heavy atom. The van der Waals surface area contributed by atoms with Crippen LogP contribution in [0, 0.1) is 17.6 Å². The zero-order valence-corrected chi connectivity index (χ0v) is 14.6. The van der Waals surface area contributed by atoms with Gasteiger partial charge in [0.05, 0.1) is 7.18 Å². The minimum atomic E-state index is -0.737. The normalized spacial score (nSPS) is 20.7. The highest BCUT2D eigenvalue weighted by atomic mass is 19.2. The van der Waals surface area contributed by atoms with Gasteiger partial charge in [-0.05, 0) is 55.2 Å². The molecule has 132 valence electrons. The first-order valence-corrected chi connectivity index (χ1v) is 9.03. The summed E-state index contributed by atoms with van der Waals surface area (Å²) in [5, 5.41) is 0. The lowest BCUT2D eigenvalue weighted by atomic mass is 9.77. The Hall–Kier alpha value is -0.990. The number of rotatable bonds is 7. The van der Waals surface area contributed by atoms with E-state index in [1.807, 2.05) is 0 Å². The molecule has 1 saturated carbocycles. The third kappa shape index (κ3) is 6.97. The van der Waals surface area contributed by atoms with Crippen LogP contribution in [0.15, 0.2) is 18.2 Å². The highest BCUT2D eigenvalue weighted by Crippen LogP contribution is 2.38. The van der Waals surface area contributed by atoms with Crippen LogP contribution in [0.5, 0.6) is 0 Å². The van der Waals surface area contributed by atoms with Crippen LogP contribution in [0.4, 0.5) is 13.2 Å². The molecule has 0 amide bonds. The predicted octanol–water partition coefficient (Wildman–Crippen LogP) is 7.18. The van der Waals surface area contributed by atoms with Crippen LogP contribution < -0.4 is 0 Å². The van der Waals surface area contributed by atoms with Gasteiger partial charge >= 0.3 is 0 Å². The SMILES string of the molecule is CCCCCCCC1CCC(c2ccc(F)c(F)c2)CC1.CF. The molecule has 2 rings (SSSR count). The van der Waals surface area contributed by atoms with Crippen LogP contribution in [-0.2, 0) is 0 Å². The monoisotopic (exact) mass is 328 g/mol. The van der Waals surface area contributed by atoms with Gasteiger partial charge in [0.25, 0.3) is 0 Å². The van der Waals surface area contributed by atoms with E-state index in [4.69, 9.17) is 0 Å². The Morgan fingerprint density at radius 2 is 1.52 bits per heavy atom. The molecule has 0 atom stereocenters. The molecule has 1 aromatic carbocycles. The van der Waals surface area contributed by atoms with Crippen molar-refractivity contribution in [3.63, 3.8) is 0 Å². The van der Waals surface area contributed by atoms with Gasteiger partial charge in [0.2, 0.25) is 0 Å². The van der Waals surface area contributed by atoms with Gasteiger partial charge in [-0.3, -0.25) is 4.39 Å². The van der Waals surface area contributed by atoms with E-state index in [1.54, 1.807) is 6.07 Å². The Labute approximate surface area is 139 Å². The van der Waals surface area contributed by atoms with Crippen LogP contribution in [0.3, 0.4) is 0 Å². The smallest absolute Gasteiger partial charge is 0.159 e. The van der Waals surface area contributed by atoms with Gasteiger partial charge in [0.15, 0.2) is 11.6 Å². The summed E-state index contributed by atoms with van der Waals surface area (Å²) >= 11 is 0. The lowest BCUT2D eigenvalue weighted by Crippen LogP contribution is -2.13. The standard InChI is InChI=1S/C19H28F2.CH3F/c1-2-3-4-5-6-7-15-8-10-16(11-9-15)17-12-13-18(20)19(21)14-17;1-2/h12-16H,2-11H2,1H3;1H3. The number of hydrogen-bond donors (Lipinski definition) is 0. The summed E-state index contributed by atoms with van der Waals surface area (Å²) in [7, 11) is 0.500. The molecule has 23 heavy (non-hydrogen) atoms. The van der Waals surface area contributed by atoms with E-state index in [2.05, 4.69) is 6.92 Å². The maximum atomic E-state index is 13.3. The maximum Gasteiger partial charge on any atom is 0.159 e. The van der Waals surface area contributed by atoms with E-state index in [1.165, 1.54) is 63.5 Å². The summed E-state index contributed by atoms with van der Waals surface area (Å²) in [6.07, 6.45) is 12.9. The summed E-state index contributed by atoms with van der Waals surface area (Å²) in [4.78, 5) is 0. The second-order valence-electron chi connectivity index (χ2n) is 6.59. The van der Waals surface area contributed by atoms with Crippen molar-refractivity contribution in [1.82, 2.24) is 0 Å². The third-order valence-electron chi connectivity index (χ3n) is 4.98. The average Bonchev–Trinajstić information content (AvgIpc) is 2.59. The highest BCUT2D eigenvalue weighted by molar-refractivity contribution is 5.22. The molecule has 0 nitrogen and oxygen atoms in total. The molecule has 1 aliphatic rings. The Bertz CT molecular complexity index is 423. The molecule has 0 radical (unpaired) electrons. The number of halogens is 3. The quantitative estimate of drug-likeness (QED) is 0.465. The summed E-state index contributed by atoms with van der Waals surface area (Å²) < 4.78 is 35.8. The number of unbranched alkanes of at least 4 members (excludes halogenated alkanes) is 4. The van der Waals surface area contributed by atoms with E-state index >= 15 is 0 Å². The summed E-state index contributed by atoms with van der Waals surface area (Å²) in [6.45, 7) is 2.25. The minimum absolute atomic E-state index is 0.427. The molecule has 0 aliphatic heterocycles. The second kappa shape index (κ2) is 11.5. The van der Waals surface area contributed by atoms with Gasteiger partial charge in [-0.2, -0.15) is 0 Å². The van der Waals surface area contributed by atoms with E-state index in [0.717, 1.165) is 24.3 Å². The fourth-order valence-corrected chi connectivity index (χ4v) is 3.59. The number of hydrogen-bond acceptors (Lipinski definition) is 0. The van der Waals surface area contributed by atoms with Crippen LogP contribution in [-0.4, -0.2) is 7.18 Å². The molecule has 0 saturated heterocycles. The van der Waals surface area contributed by atoms with Crippen molar-refractivity contribution in [2.45, 2.75) is 77.0 Å². The van der Waals surface area contributed by atoms with Gasteiger partial charge in [0, 0.05) is 0 Å². The van der Waals surface area contributed by atoms with Crippen molar-refractivity contribution < 1.29 is 13.2 Å². The van der Waals surface area contributed by atoms with Crippen LogP contribution in [0.2, 0.25) is 0 Å². The van der Waals surface area contributed by atoms with Crippen molar-refractivity contribution in [3.05, 3.63) is 35.4 Å². The number of benzene rings is 1. The van der Waals surface area contributed by atoms with E-state index in [-0.39, 0.29) is 0 Å². The molecule has 3 heteroatoms. The van der Waals surface area contributed by atoms with Crippen molar-refractivity contribution >= 4 is 0 Å². The highest BCUT2D eigenvalue weighted by Gasteiger charge is 2.22. The van der Waals surface area contributed by atoms with Gasteiger partial charge in [-0.15, -0.1) is 0 Å². The molecule has 1 aromatic rings. The molecule has 0 aromatic heterocycles. The summed E-state index contributed by atoms with van der Waals surface area (Å²) in [6, 6.07) is 4.42. The van der Waals surface area contributed by atoms with Crippen molar-refractivity contribution in [2.75, 3.05) is 7.18 Å². The molecule has 0 unspecified atom stereocenters. The van der Waals surface area contributed by atoms with Gasteiger partial charge in [0.1, 0.15) is 0 Å². The van der Waals surface area contributed by atoms with Crippen LogP contribution in [0.1, 0.15) is 82.6 Å². The largest absolute Gasteiger partial charge is 0.255 e. The zero-order chi connectivity index (χ0) is 17.1. The molecule has 0 N–H and O–H groups in total. The lowest BCUT2D eigenvalue weighted by Gasteiger charge is -2.29. The van der Waals surface area contributed by atoms with Gasteiger partial charge in [-0.1, -0.05) is 51.5 Å². The fourth-order valence-electron chi connectivity index (χ4n) is 3.59. The van der Waals surface area contributed by atoms with Crippen molar-refractivity contribution in [1.29, 1.82) is 0 Å². The Kier molecular flexibility index (Phi) is 10.1. The zero-order valence-electron chi connectivity index (χ0n) is 14.6. The first-order chi connectivity index (χ1) is 11.2. The van der Waals surface area contributed by atoms with Crippen molar-refractivity contribution in [2.24, 2.45) is 5.92 Å². The average molecular weight is 328 g/mol. The van der Waals surface area contributed by atoms with Crippen molar-refractivity contribution in [3.8, 4) is 0 Å². The van der Waals surface area contributed by atoms with E-state index in [9.17, 15) is 13.2 Å². The maximum absolute atomic E-state index is 13.3. The molecule has 1 aliphatic carbocycles. The van der Waals surface area contributed by atoms with Crippen LogP contribution in [0.25, 0.3) is 0 Å². The molecule has 0 heterocycles. The number of alkyl halides is 1. The first kappa shape index (κ1) is 20.1. The minimum Gasteiger partial charge on any atom is -0.255 e. The summed E-state index contributed by atoms with van der Waals surface area (Å²) in [5.74, 6) is -0.158.